The molecule has 0 aromatic heterocycles. The maximum atomic E-state index is 6.32. The van der Waals surface area contributed by atoms with Gasteiger partial charge in [0.1, 0.15) is 0 Å². The van der Waals surface area contributed by atoms with Gasteiger partial charge in [-0.25, -0.2) is 0 Å². The molecule has 0 aliphatic carbocycles. The number of unbranched alkanes of at least 4 members (excludes halogenated alkanes) is 28. The van der Waals surface area contributed by atoms with Crippen LogP contribution in [-0.4, -0.2) is 19.3 Å². The predicted molar refractivity (Wildman–Crippen MR) is 178 cm³/mol. The highest BCUT2D eigenvalue weighted by Crippen LogP contribution is 2.15. The number of rotatable bonds is 35. The Kier molecular flexibility index (Phi) is 35.9. The van der Waals surface area contributed by atoms with Gasteiger partial charge in [-0.1, -0.05) is 200 Å². The molecule has 2 heteroatoms. The average molecular weight is 552 g/mol. The molecule has 2 N–H and O–H groups in total. The third-order valence-corrected chi connectivity index (χ3v) is 8.70. The van der Waals surface area contributed by atoms with Gasteiger partial charge >= 0.3 is 0 Å². The molecule has 1 atom stereocenters. The van der Waals surface area contributed by atoms with E-state index in [4.69, 9.17) is 10.5 Å². The molecule has 0 amide bonds. The van der Waals surface area contributed by atoms with Crippen LogP contribution in [0.3, 0.4) is 0 Å². The van der Waals surface area contributed by atoms with E-state index in [-0.39, 0.29) is 0 Å². The first-order chi connectivity index (χ1) is 19.3. The smallest absolute Gasteiger partial charge is 0.0480 e. The minimum absolute atomic E-state index is 0.341. The van der Waals surface area contributed by atoms with E-state index >= 15 is 0 Å². The quantitative estimate of drug-likeness (QED) is 0.0795. The molecule has 2 nitrogen and oxygen atoms in total. The van der Waals surface area contributed by atoms with E-state index in [1.54, 1.807) is 0 Å². The van der Waals surface area contributed by atoms with E-state index < -0.39 is 0 Å². The molecule has 0 saturated heterocycles. The van der Waals surface area contributed by atoms with Crippen molar-refractivity contribution in [1.29, 1.82) is 0 Å². The Morgan fingerprint density at radius 1 is 0.333 bits per heavy atom. The van der Waals surface area contributed by atoms with Crippen molar-refractivity contribution >= 4 is 0 Å². The lowest BCUT2D eigenvalue weighted by atomic mass is 10.0. The molecule has 0 heterocycles. The van der Waals surface area contributed by atoms with Gasteiger partial charge in [-0.15, -0.1) is 0 Å². The minimum Gasteiger partial charge on any atom is -0.381 e. The van der Waals surface area contributed by atoms with Crippen LogP contribution in [0.25, 0.3) is 0 Å². The van der Waals surface area contributed by atoms with Crippen LogP contribution in [0.15, 0.2) is 0 Å². The zero-order valence-electron chi connectivity index (χ0n) is 27.6. The number of ether oxygens (including phenoxy) is 1. The molecule has 0 bridgehead atoms. The summed E-state index contributed by atoms with van der Waals surface area (Å²) in [6, 6.07) is 0.341. The second-order valence-corrected chi connectivity index (χ2v) is 12.8. The summed E-state index contributed by atoms with van der Waals surface area (Å²) in [6.45, 7) is 6.39. The molecule has 236 valence electrons. The molecule has 0 fully saturated rings. The zero-order valence-corrected chi connectivity index (χ0v) is 27.6. The normalized spacial score (nSPS) is 12.4. The topological polar surface area (TPSA) is 35.2 Å². The van der Waals surface area contributed by atoms with E-state index in [0.717, 1.165) is 19.6 Å². The summed E-state index contributed by atoms with van der Waals surface area (Å²) in [5.41, 5.74) is 6.32. The largest absolute Gasteiger partial charge is 0.381 e. The fraction of sp³-hybridized carbons (Fsp3) is 1.00. The molecule has 0 aliphatic rings. The van der Waals surface area contributed by atoms with Crippen LogP contribution in [0.4, 0.5) is 0 Å². The van der Waals surface area contributed by atoms with Gasteiger partial charge in [0.15, 0.2) is 0 Å². The predicted octanol–water partition coefficient (Wildman–Crippen LogP) is 12.9. The molecule has 0 saturated carbocycles. The second kappa shape index (κ2) is 35.9. The Labute approximate surface area is 248 Å². The first-order valence-corrected chi connectivity index (χ1v) is 18.6. The van der Waals surface area contributed by atoms with Crippen molar-refractivity contribution in [1.82, 2.24) is 0 Å². The molecule has 0 aliphatic heterocycles. The Bertz CT molecular complexity index is 412. The second-order valence-electron chi connectivity index (χ2n) is 12.8. The van der Waals surface area contributed by atoms with Crippen molar-refractivity contribution in [2.45, 2.75) is 225 Å². The fourth-order valence-corrected chi connectivity index (χ4v) is 5.83. The highest BCUT2D eigenvalue weighted by Gasteiger charge is 2.03. The Hall–Kier alpha value is -0.0800. The Balaban J connectivity index is 3.13. The minimum atomic E-state index is 0.341. The molecular formula is C37H77NO. The lowest BCUT2D eigenvalue weighted by Gasteiger charge is -2.12. The van der Waals surface area contributed by atoms with E-state index in [9.17, 15) is 0 Å². The number of hydrogen-bond acceptors (Lipinski definition) is 2. The van der Waals surface area contributed by atoms with Gasteiger partial charge in [0.05, 0.1) is 0 Å². The number of nitrogens with two attached hydrogens (primary N) is 1. The summed E-state index contributed by atoms with van der Waals surface area (Å²) in [4.78, 5) is 0. The van der Waals surface area contributed by atoms with Crippen LogP contribution in [-0.2, 0) is 4.74 Å². The van der Waals surface area contributed by atoms with Gasteiger partial charge in [0.25, 0.3) is 0 Å². The Morgan fingerprint density at radius 3 is 0.949 bits per heavy atom. The molecule has 0 spiro atoms. The summed E-state index contributed by atoms with van der Waals surface area (Å²) in [6.07, 6.45) is 44.9. The summed E-state index contributed by atoms with van der Waals surface area (Å²) in [7, 11) is 0. The fourth-order valence-electron chi connectivity index (χ4n) is 5.83. The molecule has 0 aromatic rings. The van der Waals surface area contributed by atoms with E-state index in [0.29, 0.717) is 6.04 Å². The Morgan fingerprint density at radius 2 is 0.615 bits per heavy atom. The average Bonchev–Trinajstić information content (AvgIpc) is 2.94. The van der Waals surface area contributed by atoms with Crippen molar-refractivity contribution in [3.63, 3.8) is 0 Å². The first-order valence-electron chi connectivity index (χ1n) is 18.6. The summed E-state index contributed by atoms with van der Waals surface area (Å²) < 4.78 is 5.86. The first kappa shape index (κ1) is 38.9. The van der Waals surface area contributed by atoms with Crippen LogP contribution in [0.2, 0.25) is 0 Å². The third-order valence-electron chi connectivity index (χ3n) is 8.70. The molecule has 0 radical (unpaired) electrons. The van der Waals surface area contributed by atoms with Gasteiger partial charge < -0.3 is 10.5 Å². The van der Waals surface area contributed by atoms with Crippen LogP contribution in [0.5, 0.6) is 0 Å². The van der Waals surface area contributed by atoms with Crippen molar-refractivity contribution in [2.24, 2.45) is 5.73 Å². The lowest BCUT2D eigenvalue weighted by molar-refractivity contribution is 0.122. The SMILES string of the molecule is CCCCCCCCCCCCCCCCCCC(N)CCOCCCCCCCCCCCCCCCC. The maximum Gasteiger partial charge on any atom is 0.0480 e. The van der Waals surface area contributed by atoms with E-state index in [1.807, 2.05) is 0 Å². The standard InChI is InChI=1S/C37H77NO/c1-3-5-7-9-11-13-15-17-19-20-21-23-25-27-29-31-33-37(38)34-36-39-35-32-30-28-26-24-22-18-16-14-12-10-8-6-4-2/h37H,3-36,38H2,1-2H3. The molecule has 0 rings (SSSR count). The molecule has 39 heavy (non-hydrogen) atoms. The molecule has 0 aromatic carbocycles. The van der Waals surface area contributed by atoms with Crippen LogP contribution < -0.4 is 5.73 Å². The van der Waals surface area contributed by atoms with Gasteiger partial charge in [-0.2, -0.15) is 0 Å². The van der Waals surface area contributed by atoms with Crippen LogP contribution >= 0.6 is 0 Å². The van der Waals surface area contributed by atoms with Gasteiger partial charge in [-0.3, -0.25) is 0 Å². The van der Waals surface area contributed by atoms with E-state index in [1.165, 1.54) is 199 Å². The monoisotopic (exact) mass is 552 g/mol. The summed E-state index contributed by atoms with van der Waals surface area (Å²) in [5, 5.41) is 0. The highest BCUT2D eigenvalue weighted by atomic mass is 16.5. The van der Waals surface area contributed by atoms with Crippen LogP contribution in [0.1, 0.15) is 219 Å². The lowest BCUT2D eigenvalue weighted by Crippen LogP contribution is -2.22. The molecular weight excluding hydrogens is 474 g/mol. The highest BCUT2D eigenvalue weighted by molar-refractivity contribution is 4.61. The third kappa shape index (κ3) is 35.9. The van der Waals surface area contributed by atoms with Crippen molar-refractivity contribution in [3.8, 4) is 0 Å². The molecule has 1 unspecified atom stereocenters. The summed E-state index contributed by atoms with van der Waals surface area (Å²) >= 11 is 0. The van der Waals surface area contributed by atoms with E-state index in [2.05, 4.69) is 13.8 Å². The van der Waals surface area contributed by atoms with Gasteiger partial charge in [0, 0.05) is 19.3 Å². The van der Waals surface area contributed by atoms with Crippen molar-refractivity contribution in [3.05, 3.63) is 0 Å². The zero-order chi connectivity index (χ0) is 28.3. The van der Waals surface area contributed by atoms with Gasteiger partial charge in [0.2, 0.25) is 0 Å². The van der Waals surface area contributed by atoms with Crippen molar-refractivity contribution < 1.29 is 4.74 Å². The number of hydrogen-bond donors (Lipinski definition) is 1. The van der Waals surface area contributed by atoms with Gasteiger partial charge in [-0.05, 0) is 19.3 Å². The van der Waals surface area contributed by atoms with Crippen LogP contribution in [0, 0.1) is 0 Å². The maximum absolute atomic E-state index is 6.32. The summed E-state index contributed by atoms with van der Waals surface area (Å²) in [5.74, 6) is 0. The van der Waals surface area contributed by atoms with Crippen molar-refractivity contribution in [2.75, 3.05) is 13.2 Å².